The molecule has 0 saturated heterocycles. The molecule has 20 heavy (non-hydrogen) atoms. The van der Waals surface area contributed by atoms with E-state index < -0.39 is 10.0 Å². The van der Waals surface area contributed by atoms with E-state index >= 15 is 0 Å². The van der Waals surface area contributed by atoms with Gasteiger partial charge in [-0.1, -0.05) is 48.6 Å². The fourth-order valence-electron chi connectivity index (χ4n) is 2.86. The Kier molecular flexibility index (Phi) is 7.76. The number of unbranched alkanes of at least 4 members (excludes halogenated alkanes) is 1. The van der Waals surface area contributed by atoms with Crippen LogP contribution in [0.15, 0.2) is 61.8 Å². The van der Waals surface area contributed by atoms with Crippen LogP contribution in [0.5, 0.6) is 0 Å². The molecule has 0 aliphatic heterocycles. The maximum absolute atomic E-state index is 4.10. The van der Waals surface area contributed by atoms with E-state index in [1.807, 2.05) is 0 Å². The van der Waals surface area contributed by atoms with Crippen LogP contribution in [0.3, 0.4) is 0 Å². The molecule has 0 aromatic carbocycles. The van der Waals surface area contributed by atoms with Gasteiger partial charge in [0.15, 0.2) is 0 Å². The maximum Gasteiger partial charge on any atom is 0.0109 e. The van der Waals surface area contributed by atoms with Crippen molar-refractivity contribution in [3.05, 3.63) is 61.8 Å². The average molecular weight is 291 g/mol. The standard InChI is InChI=1S/C19H30S/c1-5-8-9-13-17-20(4,18(7-3)14-6-2)19-15-11-10-12-16-19/h5-8,10-12,15,18-19H,2-3,9,13-14,16-17H2,1,4H3. The predicted octanol–water partition coefficient (Wildman–Crippen LogP) is 5.79. The first-order valence-corrected chi connectivity index (χ1v) is 9.94. The van der Waals surface area contributed by atoms with E-state index in [9.17, 15) is 0 Å². The van der Waals surface area contributed by atoms with Crippen LogP contribution in [0.2, 0.25) is 0 Å². The summed E-state index contributed by atoms with van der Waals surface area (Å²) in [6.07, 6.45) is 25.1. The molecule has 0 spiro atoms. The van der Waals surface area contributed by atoms with Crippen LogP contribution in [-0.2, 0) is 0 Å². The zero-order valence-electron chi connectivity index (χ0n) is 13.1. The van der Waals surface area contributed by atoms with Crippen molar-refractivity contribution in [2.24, 2.45) is 0 Å². The molecule has 0 N–H and O–H groups in total. The van der Waals surface area contributed by atoms with E-state index in [4.69, 9.17) is 0 Å². The minimum absolute atomic E-state index is 0.590. The van der Waals surface area contributed by atoms with Crippen LogP contribution in [0.1, 0.15) is 32.6 Å². The molecule has 0 amide bonds. The molecular weight excluding hydrogens is 260 g/mol. The number of hydrogen-bond acceptors (Lipinski definition) is 0. The van der Waals surface area contributed by atoms with Crippen molar-refractivity contribution in [2.45, 2.75) is 43.1 Å². The van der Waals surface area contributed by atoms with E-state index in [2.05, 4.69) is 74.9 Å². The lowest BCUT2D eigenvalue weighted by Crippen LogP contribution is -2.28. The molecule has 0 aromatic heterocycles. The summed E-state index contributed by atoms with van der Waals surface area (Å²) in [5.41, 5.74) is 0. The molecule has 1 rings (SSSR count). The highest BCUT2D eigenvalue weighted by Crippen LogP contribution is 2.58. The molecule has 0 radical (unpaired) electrons. The highest BCUT2D eigenvalue weighted by molar-refractivity contribution is 8.34. The summed E-state index contributed by atoms with van der Waals surface area (Å²) in [7, 11) is -0.736. The Hall–Kier alpha value is -0.950. The highest BCUT2D eigenvalue weighted by atomic mass is 32.3. The first-order chi connectivity index (χ1) is 9.69. The van der Waals surface area contributed by atoms with Gasteiger partial charge in [0, 0.05) is 10.5 Å². The van der Waals surface area contributed by atoms with E-state index in [0.29, 0.717) is 10.5 Å². The zero-order chi connectivity index (χ0) is 14.8. The van der Waals surface area contributed by atoms with Crippen LogP contribution in [0.4, 0.5) is 0 Å². The second kappa shape index (κ2) is 9.07. The number of rotatable bonds is 9. The van der Waals surface area contributed by atoms with E-state index in [1.165, 1.54) is 25.0 Å². The van der Waals surface area contributed by atoms with Crippen LogP contribution in [-0.4, -0.2) is 22.5 Å². The van der Waals surface area contributed by atoms with Crippen molar-refractivity contribution < 1.29 is 0 Å². The smallest absolute Gasteiger partial charge is 0.0109 e. The third kappa shape index (κ3) is 4.56. The Morgan fingerprint density at radius 2 is 2.15 bits per heavy atom. The summed E-state index contributed by atoms with van der Waals surface area (Å²) >= 11 is 0. The monoisotopic (exact) mass is 290 g/mol. The Morgan fingerprint density at radius 1 is 1.35 bits per heavy atom. The fourth-order valence-corrected chi connectivity index (χ4v) is 6.72. The molecule has 0 saturated carbocycles. The van der Waals surface area contributed by atoms with Gasteiger partial charge in [-0.3, -0.25) is 0 Å². The van der Waals surface area contributed by atoms with Crippen LogP contribution in [0.25, 0.3) is 0 Å². The summed E-state index contributed by atoms with van der Waals surface area (Å²) in [4.78, 5) is 0. The summed E-state index contributed by atoms with van der Waals surface area (Å²) < 4.78 is 0. The molecule has 3 unspecified atom stereocenters. The summed E-state index contributed by atoms with van der Waals surface area (Å²) in [5.74, 6) is 1.32. The lowest BCUT2D eigenvalue weighted by atomic mass is 10.2. The summed E-state index contributed by atoms with van der Waals surface area (Å²) in [6.45, 7) is 10.1. The molecular formula is C19H30S. The molecule has 0 bridgehead atoms. The lowest BCUT2D eigenvalue weighted by molar-refractivity contribution is 0.920. The molecule has 3 atom stereocenters. The minimum atomic E-state index is -0.736. The Bertz CT molecular complexity index is 383. The van der Waals surface area contributed by atoms with Crippen molar-refractivity contribution in [3.8, 4) is 0 Å². The van der Waals surface area contributed by atoms with Crippen molar-refractivity contribution in [1.82, 2.24) is 0 Å². The van der Waals surface area contributed by atoms with Gasteiger partial charge >= 0.3 is 0 Å². The van der Waals surface area contributed by atoms with Crippen molar-refractivity contribution in [3.63, 3.8) is 0 Å². The molecule has 112 valence electrons. The Morgan fingerprint density at radius 3 is 2.70 bits per heavy atom. The Balaban J connectivity index is 2.85. The number of hydrogen-bond donors (Lipinski definition) is 0. The molecule has 1 aliphatic carbocycles. The van der Waals surface area contributed by atoms with Crippen LogP contribution >= 0.6 is 10.0 Å². The van der Waals surface area contributed by atoms with Gasteiger partial charge < -0.3 is 0 Å². The molecule has 0 nitrogen and oxygen atoms in total. The normalized spacial score (nSPS) is 24.2. The van der Waals surface area contributed by atoms with Gasteiger partial charge in [0.2, 0.25) is 0 Å². The Labute approximate surface area is 127 Å². The highest BCUT2D eigenvalue weighted by Gasteiger charge is 2.32. The van der Waals surface area contributed by atoms with Gasteiger partial charge in [-0.2, -0.15) is 0 Å². The second-order valence-corrected chi connectivity index (χ2v) is 9.61. The largest absolute Gasteiger partial charge is 0.231 e. The SMILES string of the molecule is C=CCC(C=C)S(C)(CCCC=CC)C1C=CC=CC1. The van der Waals surface area contributed by atoms with Crippen molar-refractivity contribution in [1.29, 1.82) is 0 Å². The second-order valence-electron chi connectivity index (χ2n) is 5.53. The zero-order valence-corrected chi connectivity index (χ0v) is 13.9. The van der Waals surface area contributed by atoms with E-state index in [0.717, 1.165) is 6.42 Å². The maximum atomic E-state index is 4.10. The topological polar surface area (TPSA) is 0 Å². The minimum Gasteiger partial charge on any atom is -0.231 e. The summed E-state index contributed by atoms with van der Waals surface area (Å²) in [5, 5.41) is 1.29. The van der Waals surface area contributed by atoms with E-state index in [1.54, 1.807) is 0 Å². The van der Waals surface area contributed by atoms with Crippen molar-refractivity contribution >= 4 is 10.0 Å². The number of allylic oxidation sites excluding steroid dienone is 6. The predicted molar refractivity (Wildman–Crippen MR) is 97.9 cm³/mol. The van der Waals surface area contributed by atoms with Gasteiger partial charge in [-0.05, 0) is 44.6 Å². The lowest BCUT2D eigenvalue weighted by Gasteiger charge is -2.48. The summed E-state index contributed by atoms with van der Waals surface area (Å²) in [6, 6.07) is 0. The molecule has 1 heteroatoms. The molecule has 0 fully saturated rings. The van der Waals surface area contributed by atoms with Crippen molar-refractivity contribution in [2.75, 3.05) is 12.0 Å². The first kappa shape index (κ1) is 17.1. The fraction of sp³-hybridized carbons (Fsp3) is 0.474. The van der Waals surface area contributed by atoms with Gasteiger partial charge in [-0.25, -0.2) is 10.0 Å². The van der Waals surface area contributed by atoms with Crippen LogP contribution in [0, 0.1) is 0 Å². The van der Waals surface area contributed by atoms with Crippen LogP contribution < -0.4 is 0 Å². The third-order valence-electron chi connectivity index (χ3n) is 4.18. The average Bonchev–Trinajstić information content (AvgIpc) is 2.50. The van der Waals surface area contributed by atoms with Gasteiger partial charge in [-0.15, -0.1) is 13.2 Å². The van der Waals surface area contributed by atoms with Gasteiger partial charge in [0.25, 0.3) is 0 Å². The van der Waals surface area contributed by atoms with Gasteiger partial charge in [0.05, 0.1) is 0 Å². The molecule has 0 heterocycles. The molecule has 1 aliphatic rings. The van der Waals surface area contributed by atoms with Gasteiger partial charge in [0.1, 0.15) is 0 Å². The molecule has 0 aromatic rings. The first-order valence-electron chi connectivity index (χ1n) is 7.60. The third-order valence-corrected chi connectivity index (χ3v) is 8.85. The quantitative estimate of drug-likeness (QED) is 0.372. The van der Waals surface area contributed by atoms with E-state index in [-0.39, 0.29) is 0 Å².